The SMILES string of the molecule is Brc1ccc(COc2n[c]c[nH]2)cc1. The molecule has 2 aromatic rings. The van der Waals surface area contributed by atoms with Gasteiger partial charge < -0.3 is 9.72 Å². The Morgan fingerprint density at radius 2 is 2.14 bits per heavy atom. The Kier molecular flexibility index (Phi) is 2.84. The molecule has 0 fully saturated rings. The summed E-state index contributed by atoms with van der Waals surface area (Å²) in [4.78, 5) is 6.66. The van der Waals surface area contributed by atoms with Crippen molar-refractivity contribution >= 4 is 15.9 Å². The van der Waals surface area contributed by atoms with E-state index in [2.05, 4.69) is 32.1 Å². The first-order valence-corrected chi connectivity index (χ1v) is 4.92. The summed E-state index contributed by atoms with van der Waals surface area (Å²) >= 11 is 3.37. The molecule has 0 aliphatic rings. The highest BCUT2D eigenvalue weighted by atomic mass is 79.9. The Hall–Kier alpha value is -1.29. The molecular formula is C10H8BrN2O. The number of halogens is 1. The first-order valence-electron chi connectivity index (χ1n) is 4.13. The van der Waals surface area contributed by atoms with Crippen LogP contribution in [-0.4, -0.2) is 9.97 Å². The summed E-state index contributed by atoms with van der Waals surface area (Å²) in [6.45, 7) is 0.509. The highest BCUT2D eigenvalue weighted by Crippen LogP contribution is 2.11. The molecule has 71 valence electrons. The van der Waals surface area contributed by atoms with Crippen molar-refractivity contribution in [1.82, 2.24) is 9.97 Å². The number of H-pyrrole nitrogens is 1. The minimum Gasteiger partial charge on any atom is -0.460 e. The van der Waals surface area contributed by atoms with Gasteiger partial charge in [-0.25, -0.2) is 0 Å². The Morgan fingerprint density at radius 1 is 1.36 bits per heavy atom. The second kappa shape index (κ2) is 4.28. The number of aromatic nitrogens is 2. The van der Waals surface area contributed by atoms with Crippen LogP contribution in [0.1, 0.15) is 5.56 Å². The van der Waals surface area contributed by atoms with Crippen molar-refractivity contribution in [2.24, 2.45) is 0 Å². The maximum Gasteiger partial charge on any atom is 0.294 e. The van der Waals surface area contributed by atoms with Crippen LogP contribution < -0.4 is 4.74 Å². The molecular weight excluding hydrogens is 244 g/mol. The van der Waals surface area contributed by atoms with Crippen LogP contribution in [0, 0.1) is 6.20 Å². The highest BCUT2D eigenvalue weighted by Gasteiger charge is 1.96. The van der Waals surface area contributed by atoms with E-state index in [1.54, 1.807) is 6.20 Å². The van der Waals surface area contributed by atoms with Crippen LogP contribution in [0.3, 0.4) is 0 Å². The number of hydrogen-bond acceptors (Lipinski definition) is 2. The molecule has 0 saturated carbocycles. The van der Waals surface area contributed by atoms with E-state index in [4.69, 9.17) is 4.74 Å². The molecule has 0 bridgehead atoms. The van der Waals surface area contributed by atoms with Gasteiger partial charge in [0.15, 0.2) is 0 Å². The standard InChI is InChI=1S/C10H8BrN2O/c11-9-3-1-8(2-4-9)7-14-10-12-5-6-13-10/h1-5H,7H2,(H,12,13). The van der Waals surface area contributed by atoms with Gasteiger partial charge in [-0.15, -0.1) is 0 Å². The summed E-state index contributed by atoms with van der Waals surface area (Å²) in [7, 11) is 0. The second-order valence-electron chi connectivity index (χ2n) is 2.75. The third kappa shape index (κ3) is 2.35. The van der Waals surface area contributed by atoms with Crippen LogP contribution in [-0.2, 0) is 6.61 Å². The lowest BCUT2D eigenvalue weighted by molar-refractivity contribution is 0.283. The van der Waals surface area contributed by atoms with Crippen molar-refractivity contribution in [2.75, 3.05) is 0 Å². The smallest absolute Gasteiger partial charge is 0.294 e. The molecule has 4 heteroatoms. The summed E-state index contributed by atoms with van der Waals surface area (Å²) in [6, 6.07) is 8.45. The average molecular weight is 252 g/mol. The lowest BCUT2D eigenvalue weighted by atomic mass is 10.2. The topological polar surface area (TPSA) is 37.9 Å². The van der Waals surface area contributed by atoms with Crippen LogP contribution in [0.15, 0.2) is 34.9 Å². The van der Waals surface area contributed by atoms with Gasteiger partial charge in [0.05, 0.1) is 0 Å². The maximum atomic E-state index is 5.36. The van der Waals surface area contributed by atoms with E-state index in [1.807, 2.05) is 24.3 Å². The lowest BCUT2D eigenvalue weighted by Gasteiger charge is -2.02. The lowest BCUT2D eigenvalue weighted by Crippen LogP contribution is -1.96. The predicted molar refractivity (Wildman–Crippen MR) is 55.9 cm³/mol. The van der Waals surface area contributed by atoms with Gasteiger partial charge in [-0.3, -0.25) is 0 Å². The fourth-order valence-corrected chi connectivity index (χ4v) is 1.29. The summed E-state index contributed by atoms with van der Waals surface area (Å²) in [5.74, 6) is 0. The third-order valence-electron chi connectivity index (χ3n) is 1.72. The number of ether oxygens (including phenoxy) is 1. The molecule has 14 heavy (non-hydrogen) atoms. The molecule has 3 nitrogen and oxygen atoms in total. The van der Waals surface area contributed by atoms with Crippen molar-refractivity contribution in [3.63, 3.8) is 0 Å². The Bertz CT molecular complexity index is 383. The molecule has 2 rings (SSSR count). The molecule has 1 aromatic carbocycles. The number of nitrogens with one attached hydrogen (secondary N) is 1. The van der Waals surface area contributed by atoms with Crippen molar-refractivity contribution in [3.05, 3.63) is 46.7 Å². The fourth-order valence-electron chi connectivity index (χ4n) is 1.02. The van der Waals surface area contributed by atoms with E-state index >= 15 is 0 Å². The van der Waals surface area contributed by atoms with Gasteiger partial charge >= 0.3 is 0 Å². The Morgan fingerprint density at radius 3 is 2.79 bits per heavy atom. The molecule has 0 amide bonds. The Balaban J connectivity index is 1.95. The number of rotatable bonds is 3. The Labute approximate surface area is 90.3 Å². The van der Waals surface area contributed by atoms with E-state index in [-0.39, 0.29) is 0 Å². The van der Waals surface area contributed by atoms with Gasteiger partial charge in [-0.05, 0) is 17.7 Å². The quantitative estimate of drug-likeness (QED) is 0.911. The van der Waals surface area contributed by atoms with Crippen molar-refractivity contribution in [1.29, 1.82) is 0 Å². The zero-order valence-electron chi connectivity index (χ0n) is 7.33. The van der Waals surface area contributed by atoms with Crippen LogP contribution in [0.5, 0.6) is 6.01 Å². The van der Waals surface area contributed by atoms with Crippen LogP contribution in [0.2, 0.25) is 0 Å². The van der Waals surface area contributed by atoms with Gasteiger partial charge in [-0.1, -0.05) is 28.1 Å². The highest BCUT2D eigenvalue weighted by molar-refractivity contribution is 9.10. The normalized spacial score (nSPS) is 10.1. The molecule has 0 aliphatic carbocycles. The maximum absolute atomic E-state index is 5.36. The molecule has 1 radical (unpaired) electrons. The molecule has 1 N–H and O–H groups in total. The van der Waals surface area contributed by atoms with Gasteiger partial charge in [0.25, 0.3) is 6.01 Å². The second-order valence-corrected chi connectivity index (χ2v) is 3.67. The molecule has 1 aromatic heterocycles. The third-order valence-corrected chi connectivity index (χ3v) is 2.24. The minimum absolute atomic E-state index is 0.493. The number of nitrogens with zero attached hydrogens (tertiary/aromatic N) is 1. The summed E-state index contributed by atoms with van der Waals surface area (Å²) in [5, 5.41) is 0. The number of aromatic amines is 1. The number of hydrogen-bond donors (Lipinski definition) is 1. The molecule has 0 saturated heterocycles. The van der Waals surface area contributed by atoms with Crippen LogP contribution >= 0.6 is 15.9 Å². The van der Waals surface area contributed by atoms with Gasteiger partial charge in [-0.2, -0.15) is 4.98 Å². The fraction of sp³-hybridized carbons (Fsp3) is 0.100. The summed E-state index contributed by atoms with van der Waals surface area (Å²) in [5.41, 5.74) is 1.10. The van der Waals surface area contributed by atoms with E-state index in [9.17, 15) is 0 Å². The van der Waals surface area contributed by atoms with Gasteiger partial charge in [0, 0.05) is 10.7 Å². The van der Waals surface area contributed by atoms with Gasteiger partial charge in [0.2, 0.25) is 0 Å². The van der Waals surface area contributed by atoms with Gasteiger partial charge in [0.1, 0.15) is 12.8 Å². The number of imidazole rings is 1. The van der Waals surface area contributed by atoms with E-state index in [0.29, 0.717) is 12.6 Å². The average Bonchev–Trinajstić information content (AvgIpc) is 2.70. The molecule has 0 spiro atoms. The van der Waals surface area contributed by atoms with E-state index < -0.39 is 0 Å². The van der Waals surface area contributed by atoms with E-state index in [0.717, 1.165) is 10.0 Å². The minimum atomic E-state index is 0.493. The van der Waals surface area contributed by atoms with Crippen molar-refractivity contribution < 1.29 is 4.74 Å². The molecule has 1 heterocycles. The molecule has 0 unspecified atom stereocenters. The first-order chi connectivity index (χ1) is 6.84. The van der Waals surface area contributed by atoms with Crippen LogP contribution in [0.25, 0.3) is 0 Å². The monoisotopic (exact) mass is 251 g/mol. The van der Waals surface area contributed by atoms with E-state index in [1.165, 1.54) is 0 Å². The number of benzene rings is 1. The summed E-state index contributed by atoms with van der Waals surface area (Å²) < 4.78 is 6.42. The van der Waals surface area contributed by atoms with Crippen molar-refractivity contribution in [2.45, 2.75) is 6.61 Å². The molecule has 0 atom stereocenters. The summed E-state index contributed by atoms with van der Waals surface area (Å²) in [6.07, 6.45) is 4.25. The predicted octanol–water partition coefficient (Wildman–Crippen LogP) is 2.55. The van der Waals surface area contributed by atoms with Crippen LogP contribution in [0.4, 0.5) is 0 Å². The zero-order valence-corrected chi connectivity index (χ0v) is 8.91. The first kappa shape index (κ1) is 9.27. The largest absolute Gasteiger partial charge is 0.460 e. The molecule has 0 aliphatic heterocycles. The zero-order chi connectivity index (χ0) is 9.80. The van der Waals surface area contributed by atoms with Crippen molar-refractivity contribution in [3.8, 4) is 6.01 Å².